The first-order valence-electron chi connectivity index (χ1n) is 13.6. The van der Waals surface area contributed by atoms with Gasteiger partial charge in [0.15, 0.2) is 11.5 Å². The van der Waals surface area contributed by atoms with Gasteiger partial charge in [0.1, 0.15) is 0 Å². The Kier molecular flexibility index (Phi) is 8.20. The average molecular weight is 538 g/mol. The summed E-state index contributed by atoms with van der Waals surface area (Å²) in [4.78, 5) is 18.3. The zero-order chi connectivity index (χ0) is 28.1. The van der Waals surface area contributed by atoms with Crippen LogP contribution in [-0.2, 0) is 0 Å². The molecule has 7 nitrogen and oxygen atoms in total. The maximum absolute atomic E-state index is 13.5. The molecule has 1 aliphatic rings. The van der Waals surface area contributed by atoms with Gasteiger partial charge in [-0.2, -0.15) is 0 Å². The van der Waals surface area contributed by atoms with E-state index in [9.17, 15) is 4.79 Å². The number of amides is 1. The van der Waals surface area contributed by atoms with E-state index in [-0.39, 0.29) is 5.91 Å². The Balaban J connectivity index is 1.39. The van der Waals surface area contributed by atoms with Gasteiger partial charge in [-0.1, -0.05) is 68.3 Å². The van der Waals surface area contributed by atoms with E-state index >= 15 is 0 Å². The summed E-state index contributed by atoms with van der Waals surface area (Å²) >= 11 is 0. The highest BCUT2D eigenvalue weighted by molar-refractivity contribution is 6.07. The van der Waals surface area contributed by atoms with E-state index in [4.69, 9.17) is 19.2 Å². The molecule has 0 spiro atoms. The van der Waals surface area contributed by atoms with Gasteiger partial charge in [0.25, 0.3) is 5.91 Å². The van der Waals surface area contributed by atoms with Crippen molar-refractivity contribution in [2.24, 2.45) is 0 Å². The summed E-state index contributed by atoms with van der Waals surface area (Å²) < 4.78 is 16.5. The number of hydrogen-bond acceptors (Lipinski definition) is 6. The standard InChI is InChI=1S/C33H35N3O4/c1-21(22-14-16-24(17-15-22)23-10-6-5-7-11-23)35-36-33(37)27-20-29(34-28-13-9-8-12-26(27)28)25-18-30(38-2)32(40-4)31(19-25)39-3/h8-9,12-20,23,35H,1,5-7,10-11H2,2-4H3,(H,36,37). The Labute approximate surface area is 235 Å². The molecule has 1 aromatic heterocycles. The van der Waals surface area contributed by atoms with Crippen molar-refractivity contribution in [1.29, 1.82) is 0 Å². The van der Waals surface area contributed by atoms with E-state index in [2.05, 4.69) is 41.7 Å². The monoisotopic (exact) mass is 537 g/mol. The number of fused-ring (bicyclic) bond motifs is 1. The first-order chi connectivity index (χ1) is 19.5. The van der Waals surface area contributed by atoms with E-state index in [1.807, 2.05) is 36.4 Å². The molecule has 1 aliphatic carbocycles. The molecule has 0 aliphatic heterocycles. The Bertz CT molecular complexity index is 1500. The fraction of sp³-hybridized carbons (Fsp3) is 0.273. The van der Waals surface area contributed by atoms with Gasteiger partial charge < -0.3 is 14.2 Å². The third-order valence-corrected chi connectivity index (χ3v) is 7.58. The summed E-state index contributed by atoms with van der Waals surface area (Å²) in [6.45, 7) is 4.14. The number of hydrazine groups is 1. The van der Waals surface area contributed by atoms with Crippen LogP contribution in [0.1, 0.15) is 59.5 Å². The molecule has 0 bridgehead atoms. The molecule has 1 saturated carbocycles. The third-order valence-electron chi connectivity index (χ3n) is 7.58. The van der Waals surface area contributed by atoms with Crippen LogP contribution >= 0.6 is 0 Å². The largest absolute Gasteiger partial charge is 0.493 e. The SMILES string of the molecule is C=C(NNC(=O)c1cc(-c2cc(OC)c(OC)c(OC)c2)nc2ccccc12)c1ccc(C2CCCCC2)cc1. The second-order valence-corrected chi connectivity index (χ2v) is 10.0. The van der Waals surface area contributed by atoms with E-state index in [1.54, 1.807) is 27.4 Å². The molecular formula is C33H35N3O4. The number of nitrogens with zero attached hydrogens (tertiary/aromatic N) is 1. The number of aromatic nitrogens is 1. The van der Waals surface area contributed by atoms with Crippen molar-refractivity contribution in [2.75, 3.05) is 21.3 Å². The van der Waals surface area contributed by atoms with Crippen LogP contribution in [0.5, 0.6) is 17.2 Å². The molecule has 0 radical (unpaired) electrons. The minimum absolute atomic E-state index is 0.299. The minimum atomic E-state index is -0.299. The van der Waals surface area contributed by atoms with Crippen LogP contribution < -0.4 is 25.1 Å². The lowest BCUT2D eigenvalue weighted by molar-refractivity contribution is 0.0944. The molecule has 7 heteroatoms. The molecule has 5 rings (SSSR count). The number of benzene rings is 3. The van der Waals surface area contributed by atoms with E-state index in [0.717, 1.165) is 16.5 Å². The Morgan fingerprint density at radius 3 is 2.17 bits per heavy atom. The number of carbonyl (C=O) groups excluding carboxylic acids is 1. The summed E-state index contributed by atoms with van der Waals surface area (Å²) in [6.07, 6.45) is 6.46. The lowest BCUT2D eigenvalue weighted by atomic mass is 9.84. The number of methoxy groups -OCH3 is 3. The van der Waals surface area contributed by atoms with Crippen molar-refractivity contribution in [3.05, 3.63) is 90.0 Å². The third kappa shape index (κ3) is 5.59. The molecule has 4 aromatic rings. The number of ether oxygens (including phenoxy) is 3. The first-order valence-corrected chi connectivity index (χ1v) is 13.6. The normalized spacial score (nSPS) is 13.5. The van der Waals surface area contributed by atoms with Crippen molar-refractivity contribution < 1.29 is 19.0 Å². The quantitative estimate of drug-likeness (QED) is 0.227. The predicted octanol–water partition coefficient (Wildman–Crippen LogP) is 6.88. The highest BCUT2D eigenvalue weighted by Gasteiger charge is 2.19. The number of nitrogens with one attached hydrogen (secondary N) is 2. The van der Waals surface area contributed by atoms with Gasteiger partial charge >= 0.3 is 0 Å². The van der Waals surface area contributed by atoms with Gasteiger partial charge in [-0.3, -0.25) is 15.6 Å². The van der Waals surface area contributed by atoms with Gasteiger partial charge in [0.05, 0.1) is 43.8 Å². The zero-order valence-corrected chi connectivity index (χ0v) is 23.3. The topological polar surface area (TPSA) is 81.7 Å². The van der Waals surface area contributed by atoms with Crippen LogP contribution in [0.4, 0.5) is 0 Å². The molecule has 40 heavy (non-hydrogen) atoms. The van der Waals surface area contributed by atoms with Crippen molar-refractivity contribution >= 4 is 22.5 Å². The minimum Gasteiger partial charge on any atom is -0.493 e. The van der Waals surface area contributed by atoms with Crippen LogP contribution in [0.3, 0.4) is 0 Å². The van der Waals surface area contributed by atoms with Crippen molar-refractivity contribution in [3.8, 4) is 28.5 Å². The molecule has 0 unspecified atom stereocenters. The molecule has 0 saturated heterocycles. The van der Waals surface area contributed by atoms with Crippen LogP contribution in [0.25, 0.3) is 27.9 Å². The molecule has 1 amide bonds. The second-order valence-electron chi connectivity index (χ2n) is 10.0. The molecule has 3 aromatic carbocycles. The summed E-state index contributed by atoms with van der Waals surface area (Å²) in [7, 11) is 4.69. The molecule has 2 N–H and O–H groups in total. The van der Waals surface area contributed by atoms with E-state index in [1.165, 1.54) is 37.7 Å². The Hall–Kier alpha value is -4.52. The van der Waals surface area contributed by atoms with Crippen LogP contribution in [0.2, 0.25) is 0 Å². The number of para-hydroxylation sites is 1. The molecular weight excluding hydrogens is 502 g/mol. The first kappa shape index (κ1) is 27.1. The number of hydrogen-bond donors (Lipinski definition) is 2. The smallest absolute Gasteiger partial charge is 0.270 e. The van der Waals surface area contributed by atoms with Gasteiger partial charge in [0.2, 0.25) is 5.75 Å². The fourth-order valence-electron chi connectivity index (χ4n) is 5.40. The molecule has 0 atom stereocenters. The predicted molar refractivity (Wildman–Crippen MR) is 159 cm³/mol. The van der Waals surface area contributed by atoms with Crippen LogP contribution in [0.15, 0.2) is 73.3 Å². The highest BCUT2D eigenvalue weighted by Crippen LogP contribution is 2.41. The Morgan fingerprint density at radius 2 is 1.52 bits per heavy atom. The molecule has 206 valence electrons. The van der Waals surface area contributed by atoms with E-state index < -0.39 is 0 Å². The summed E-state index contributed by atoms with van der Waals surface area (Å²) in [5, 5.41) is 0.737. The summed E-state index contributed by atoms with van der Waals surface area (Å²) in [5.41, 5.74) is 11.2. The lowest BCUT2D eigenvalue weighted by Gasteiger charge is -2.22. The summed E-state index contributed by atoms with van der Waals surface area (Å²) in [5.74, 6) is 1.84. The number of rotatable bonds is 9. The Morgan fingerprint density at radius 1 is 0.850 bits per heavy atom. The van der Waals surface area contributed by atoms with Crippen molar-refractivity contribution in [3.63, 3.8) is 0 Å². The van der Waals surface area contributed by atoms with Gasteiger partial charge in [-0.25, -0.2) is 4.98 Å². The van der Waals surface area contributed by atoms with Gasteiger partial charge in [-0.05, 0) is 54.2 Å². The van der Waals surface area contributed by atoms with Crippen molar-refractivity contribution in [1.82, 2.24) is 15.8 Å². The number of pyridine rings is 1. The number of carbonyl (C=O) groups is 1. The van der Waals surface area contributed by atoms with E-state index in [0.29, 0.717) is 45.6 Å². The second kappa shape index (κ2) is 12.1. The van der Waals surface area contributed by atoms with Gasteiger partial charge in [0, 0.05) is 10.9 Å². The fourth-order valence-corrected chi connectivity index (χ4v) is 5.40. The maximum Gasteiger partial charge on any atom is 0.270 e. The molecule has 1 heterocycles. The average Bonchev–Trinajstić information content (AvgIpc) is 3.02. The van der Waals surface area contributed by atoms with Crippen LogP contribution in [0, 0.1) is 0 Å². The molecule has 1 fully saturated rings. The highest BCUT2D eigenvalue weighted by atomic mass is 16.5. The lowest BCUT2D eigenvalue weighted by Crippen LogP contribution is -2.36. The van der Waals surface area contributed by atoms with Crippen molar-refractivity contribution in [2.45, 2.75) is 38.0 Å². The maximum atomic E-state index is 13.5. The van der Waals surface area contributed by atoms with Crippen LogP contribution in [-0.4, -0.2) is 32.2 Å². The van der Waals surface area contributed by atoms with Gasteiger partial charge in [-0.15, -0.1) is 0 Å². The zero-order valence-electron chi connectivity index (χ0n) is 23.3. The summed E-state index contributed by atoms with van der Waals surface area (Å²) in [6, 6.07) is 21.4.